The highest BCUT2D eigenvalue weighted by atomic mass is 35.5. The van der Waals surface area contributed by atoms with E-state index in [1.54, 1.807) is 30.3 Å². The molecule has 0 aromatic heterocycles. The van der Waals surface area contributed by atoms with Gasteiger partial charge < -0.3 is 9.84 Å². The lowest BCUT2D eigenvalue weighted by atomic mass is 9.97. The summed E-state index contributed by atoms with van der Waals surface area (Å²) in [7, 11) is 0. The van der Waals surface area contributed by atoms with Gasteiger partial charge in [-0.2, -0.15) is 0 Å². The molecule has 1 unspecified atom stereocenters. The Kier molecular flexibility index (Phi) is 5.60. The fourth-order valence-electron chi connectivity index (χ4n) is 4.15. The number of carbonyl (C=O) groups excluding carboxylic acids is 1. The average Bonchev–Trinajstić information content (AvgIpc) is 2.98. The van der Waals surface area contributed by atoms with Gasteiger partial charge >= 0.3 is 0 Å². The molecule has 1 fully saturated rings. The molecule has 2 aromatic carbocycles. The van der Waals surface area contributed by atoms with E-state index in [1.165, 1.54) is 6.42 Å². The van der Waals surface area contributed by atoms with Crippen molar-refractivity contribution in [1.82, 2.24) is 4.90 Å². The highest BCUT2D eigenvalue weighted by molar-refractivity contribution is 6.35. The predicted molar refractivity (Wildman–Crippen MR) is 116 cm³/mol. The highest BCUT2D eigenvalue weighted by Gasteiger charge is 2.34. The summed E-state index contributed by atoms with van der Waals surface area (Å²) in [5.74, 6) is 1.25. The van der Waals surface area contributed by atoms with Crippen molar-refractivity contribution in [1.29, 1.82) is 0 Å². The topological polar surface area (TPSA) is 49.8 Å². The van der Waals surface area contributed by atoms with Crippen LogP contribution >= 0.6 is 23.2 Å². The Bertz CT molecular complexity index is 1020. The van der Waals surface area contributed by atoms with Gasteiger partial charge in [-0.1, -0.05) is 36.2 Å². The van der Waals surface area contributed by atoms with Crippen molar-refractivity contribution < 1.29 is 14.6 Å². The number of phenolic OH excluding ortho intramolecular Hbond substituents is 1. The largest absolute Gasteiger partial charge is 0.507 e. The van der Waals surface area contributed by atoms with E-state index in [4.69, 9.17) is 27.9 Å². The summed E-state index contributed by atoms with van der Waals surface area (Å²) in [5.41, 5.74) is 2.53. The van der Waals surface area contributed by atoms with E-state index in [9.17, 15) is 9.90 Å². The molecule has 29 heavy (non-hydrogen) atoms. The maximum absolute atomic E-state index is 13.1. The molecule has 0 spiro atoms. The first-order valence-corrected chi connectivity index (χ1v) is 10.6. The average molecular weight is 432 g/mol. The Labute approximate surface area is 180 Å². The molecule has 2 aliphatic rings. The van der Waals surface area contributed by atoms with Crippen LogP contribution in [0.25, 0.3) is 6.08 Å². The number of fused-ring (bicyclic) bond motifs is 1. The van der Waals surface area contributed by atoms with Crippen LogP contribution in [-0.4, -0.2) is 28.9 Å². The molecule has 4 rings (SSSR count). The zero-order valence-corrected chi connectivity index (χ0v) is 18.0. The summed E-state index contributed by atoms with van der Waals surface area (Å²) in [6, 6.07) is 6.74. The molecular formula is C23H23Cl2NO3. The Morgan fingerprint density at radius 1 is 1.31 bits per heavy atom. The van der Waals surface area contributed by atoms with E-state index in [2.05, 4.69) is 11.8 Å². The van der Waals surface area contributed by atoms with E-state index < -0.39 is 0 Å². The van der Waals surface area contributed by atoms with Crippen LogP contribution in [0.15, 0.2) is 30.0 Å². The molecule has 1 atom stereocenters. The third kappa shape index (κ3) is 4.02. The van der Waals surface area contributed by atoms with Crippen LogP contribution in [0.4, 0.5) is 0 Å². The van der Waals surface area contributed by atoms with Gasteiger partial charge in [-0.3, -0.25) is 9.69 Å². The third-order valence-electron chi connectivity index (χ3n) is 5.59. The van der Waals surface area contributed by atoms with Gasteiger partial charge in [0, 0.05) is 23.1 Å². The molecule has 0 radical (unpaired) electrons. The van der Waals surface area contributed by atoms with Crippen molar-refractivity contribution in [2.24, 2.45) is 5.92 Å². The van der Waals surface area contributed by atoms with Crippen molar-refractivity contribution >= 4 is 35.1 Å². The summed E-state index contributed by atoms with van der Waals surface area (Å²) in [6.45, 7) is 6.55. The minimum absolute atomic E-state index is 0.165. The number of allylic oxidation sites excluding steroid dienone is 1. The first-order chi connectivity index (χ1) is 13.8. The molecule has 0 bridgehead atoms. The third-order valence-corrected chi connectivity index (χ3v) is 6.16. The minimum Gasteiger partial charge on any atom is -0.507 e. The van der Waals surface area contributed by atoms with Gasteiger partial charge in [-0.05, 0) is 67.6 Å². The number of hydrogen-bond donors (Lipinski definition) is 1. The van der Waals surface area contributed by atoms with Crippen LogP contribution in [0.2, 0.25) is 10.0 Å². The molecule has 6 heteroatoms. The first kappa shape index (κ1) is 20.3. The Morgan fingerprint density at radius 3 is 2.83 bits per heavy atom. The van der Waals surface area contributed by atoms with Crippen molar-refractivity contribution in [3.05, 3.63) is 62.3 Å². The predicted octanol–water partition coefficient (Wildman–Crippen LogP) is 5.86. The molecule has 1 N–H and O–H groups in total. The number of rotatable bonds is 3. The Morgan fingerprint density at radius 2 is 2.10 bits per heavy atom. The van der Waals surface area contributed by atoms with E-state index in [0.29, 0.717) is 50.5 Å². The van der Waals surface area contributed by atoms with Crippen molar-refractivity contribution in [2.45, 2.75) is 33.2 Å². The lowest BCUT2D eigenvalue weighted by Crippen LogP contribution is -2.33. The fourth-order valence-corrected chi connectivity index (χ4v) is 4.61. The smallest absolute Gasteiger partial charge is 0.232 e. The lowest BCUT2D eigenvalue weighted by Gasteiger charge is -2.31. The number of carbonyl (C=O) groups is 1. The van der Waals surface area contributed by atoms with E-state index in [-0.39, 0.29) is 17.3 Å². The number of ketones is 1. The molecule has 2 aromatic rings. The van der Waals surface area contributed by atoms with Crippen LogP contribution in [0.1, 0.15) is 46.8 Å². The zero-order valence-electron chi connectivity index (χ0n) is 16.5. The summed E-state index contributed by atoms with van der Waals surface area (Å²) in [5, 5.41) is 11.6. The van der Waals surface area contributed by atoms with Gasteiger partial charge in [0.1, 0.15) is 11.5 Å². The second-order valence-corrected chi connectivity index (χ2v) is 8.83. The zero-order chi connectivity index (χ0) is 20.7. The summed E-state index contributed by atoms with van der Waals surface area (Å²) >= 11 is 12.2. The summed E-state index contributed by atoms with van der Waals surface area (Å²) in [4.78, 5) is 15.4. The van der Waals surface area contributed by atoms with Crippen LogP contribution in [0, 0.1) is 12.8 Å². The van der Waals surface area contributed by atoms with Gasteiger partial charge in [0.15, 0.2) is 5.76 Å². The van der Waals surface area contributed by atoms with Gasteiger partial charge in [-0.25, -0.2) is 0 Å². The van der Waals surface area contributed by atoms with E-state index in [0.717, 1.165) is 19.5 Å². The summed E-state index contributed by atoms with van der Waals surface area (Å²) in [6.07, 6.45) is 3.98. The normalized spacial score (nSPS) is 20.8. The van der Waals surface area contributed by atoms with Crippen LogP contribution in [-0.2, 0) is 6.54 Å². The molecule has 0 amide bonds. The number of likely N-dealkylation sites (tertiary alicyclic amines) is 1. The standard InChI is InChI=1S/C23H23Cl2NO3/c1-13-4-3-7-26(11-13)12-17-19(27)8-14(2)21-22(28)20(29-23(17)21)9-15-5-6-16(24)10-18(15)25/h5-6,8-10,13,27H,3-4,7,11-12H2,1-2H3/b20-9+. The van der Waals surface area contributed by atoms with E-state index in [1.807, 2.05) is 6.92 Å². The van der Waals surface area contributed by atoms with Crippen LogP contribution in [0.5, 0.6) is 11.5 Å². The van der Waals surface area contributed by atoms with Gasteiger partial charge in [0.05, 0.1) is 11.1 Å². The number of hydrogen-bond acceptors (Lipinski definition) is 4. The maximum Gasteiger partial charge on any atom is 0.232 e. The second-order valence-electron chi connectivity index (χ2n) is 7.98. The maximum atomic E-state index is 13.1. The second kappa shape index (κ2) is 8.02. The molecule has 1 saturated heterocycles. The van der Waals surface area contributed by atoms with Gasteiger partial charge in [-0.15, -0.1) is 0 Å². The number of nitrogens with zero attached hydrogens (tertiary/aromatic N) is 1. The molecule has 152 valence electrons. The number of aryl methyl sites for hydroxylation is 1. The number of piperidine rings is 1. The van der Waals surface area contributed by atoms with Gasteiger partial charge in [0.2, 0.25) is 5.78 Å². The Hall–Kier alpha value is -2.01. The van der Waals surface area contributed by atoms with Crippen molar-refractivity contribution in [2.75, 3.05) is 13.1 Å². The molecule has 2 heterocycles. The minimum atomic E-state index is -0.197. The number of benzene rings is 2. The van der Waals surface area contributed by atoms with Crippen molar-refractivity contribution in [3.63, 3.8) is 0 Å². The highest BCUT2D eigenvalue weighted by Crippen LogP contribution is 2.43. The molecule has 0 saturated carbocycles. The van der Waals surface area contributed by atoms with Crippen LogP contribution < -0.4 is 4.74 Å². The molecular weight excluding hydrogens is 409 g/mol. The van der Waals surface area contributed by atoms with Crippen molar-refractivity contribution in [3.8, 4) is 11.5 Å². The Balaban J connectivity index is 1.70. The first-order valence-electron chi connectivity index (χ1n) is 9.80. The van der Waals surface area contributed by atoms with E-state index >= 15 is 0 Å². The SMILES string of the molecule is Cc1cc(O)c(CN2CCCC(C)C2)c2c1C(=O)/C(=C\c1ccc(Cl)cc1Cl)O2. The molecule has 4 nitrogen and oxygen atoms in total. The number of ether oxygens (including phenoxy) is 1. The van der Waals surface area contributed by atoms with Crippen LogP contribution in [0.3, 0.4) is 0 Å². The monoisotopic (exact) mass is 431 g/mol. The molecule has 0 aliphatic carbocycles. The lowest BCUT2D eigenvalue weighted by molar-refractivity contribution is 0.101. The molecule has 2 aliphatic heterocycles. The number of phenols is 1. The fraction of sp³-hybridized carbons (Fsp3) is 0.348. The number of aromatic hydroxyl groups is 1. The van der Waals surface area contributed by atoms with Gasteiger partial charge in [0.25, 0.3) is 0 Å². The number of Topliss-reactive ketones (excluding diaryl/α,β-unsaturated/α-hetero) is 1. The summed E-state index contributed by atoms with van der Waals surface area (Å²) < 4.78 is 6.00. The quantitative estimate of drug-likeness (QED) is 0.618. The number of halogens is 2.